The van der Waals surface area contributed by atoms with Crippen LogP contribution in [0.25, 0.3) is 10.9 Å². The van der Waals surface area contributed by atoms with Crippen LogP contribution in [0.2, 0.25) is 0 Å². The zero-order chi connectivity index (χ0) is 68.9. The minimum Gasteiger partial charge on any atom is -0.494 e. The van der Waals surface area contributed by atoms with Crippen LogP contribution in [0, 0.1) is 13.8 Å². The molecule has 1 saturated heterocycles. The SMILES string of the molecule is CCOCCCNC(=O)[C@@H](CCC(=O)NC)NC(=O)CN1CCN(CC)CCN(C)CCN(CC(=O)O)CC1.COCCCNC(=O)CCCOc1cc(C)c(S(=O)(=O)NC(CNC(=O)c2cn(C)c3cc(CNc4ncc[nH]4)ccc3c2=O)C(=O)O)c(C)c1.O=C=O. The molecule has 1 unspecified atom stereocenters. The van der Waals surface area contributed by atoms with E-state index in [4.69, 9.17) is 23.8 Å². The first-order valence-electron chi connectivity index (χ1n) is 30.7. The molecule has 0 bridgehead atoms. The standard InChI is InChI=1S/C34H43N7O9S.C26H51N7O6.CO2/c1-21-15-24(50-14-5-7-29(42)35-10-6-13-49-4)16-22(2)31(21)51(47,48)40-27(33(45)46)19-38-32(44)26-20-41(3)28-17-23(8-9-25(28)30(26)43)18-39-34-36-11-12-37-34;1-5-31-13-11-30(4)12-14-33(21-25(36)37)18-17-32(16-15-31)20-24(35)29-22(8-9-23(34)27-3)26(38)28-10-7-19-39-6-2;2-1-3/h8-9,11-12,15-17,20,27,40H,5-7,10,13-14,18-19H2,1-4H3,(H,35,42)(H,38,44)(H,45,46)(H2,36,37,39);22H,5-21H2,1-4H3,(H,27,34)(H,28,38)(H,29,35)(H,36,37);/t;22-;/m.1./s1. The van der Waals surface area contributed by atoms with E-state index in [9.17, 15) is 57.0 Å². The molecule has 4 aromatic rings. The van der Waals surface area contributed by atoms with E-state index in [-0.39, 0.29) is 84.6 Å². The molecule has 5 amide bonds. The quantitative estimate of drug-likeness (QED) is 0.0273. The minimum absolute atomic E-state index is 0.0556. The topological polar surface area (TPSA) is 404 Å². The number of imidazole rings is 1. The van der Waals surface area contributed by atoms with Gasteiger partial charge in [0.15, 0.2) is 5.95 Å². The number of carbonyl (C=O) groups excluding carboxylic acids is 7. The number of aromatic amines is 1. The molecule has 0 radical (unpaired) electrons. The number of aromatic nitrogens is 3. The second-order valence-corrected chi connectivity index (χ2v) is 23.5. The third-order valence-corrected chi connectivity index (χ3v) is 16.5. The molecular weight excluding hydrogens is 1230 g/mol. The highest BCUT2D eigenvalue weighted by Gasteiger charge is 2.30. The normalized spacial score (nSPS) is 14.2. The summed E-state index contributed by atoms with van der Waals surface area (Å²) in [6, 6.07) is 5.60. The van der Waals surface area contributed by atoms with E-state index in [1.54, 1.807) is 63.2 Å². The van der Waals surface area contributed by atoms with Crippen molar-refractivity contribution >= 4 is 74.5 Å². The fourth-order valence-corrected chi connectivity index (χ4v) is 11.3. The monoisotopic (exact) mass is 1330 g/mol. The number of anilines is 1. The van der Waals surface area contributed by atoms with Crippen molar-refractivity contribution in [1.82, 2.24) is 65.4 Å². The number of sulfonamides is 1. The van der Waals surface area contributed by atoms with E-state index in [2.05, 4.69) is 63.3 Å². The van der Waals surface area contributed by atoms with Gasteiger partial charge in [0.2, 0.25) is 39.1 Å². The summed E-state index contributed by atoms with van der Waals surface area (Å²) >= 11 is 0. The number of H-pyrrole nitrogens is 1. The molecule has 10 N–H and O–H groups in total. The maximum atomic E-state index is 13.4. The smallest absolute Gasteiger partial charge is 0.373 e. The molecule has 516 valence electrons. The molecule has 1 aliphatic heterocycles. The fourth-order valence-electron chi connectivity index (χ4n) is 9.66. The zero-order valence-electron chi connectivity index (χ0n) is 54.6. The van der Waals surface area contributed by atoms with Crippen LogP contribution in [0.4, 0.5) is 5.95 Å². The third kappa shape index (κ3) is 29.5. The van der Waals surface area contributed by atoms with Gasteiger partial charge in [0.25, 0.3) is 5.91 Å². The van der Waals surface area contributed by atoms with E-state index in [1.165, 1.54) is 25.4 Å². The molecule has 0 saturated carbocycles. The summed E-state index contributed by atoms with van der Waals surface area (Å²) in [7, 11) is 2.45. The summed E-state index contributed by atoms with van der Waals surface area (Å²) < 4.78 is 46.6. The first kappa shape index (κ1) is 79.0. The summed E-state index contributed by atoms with van der Waals surface area (Å²) in [5.41, 5.74) is 1.26. The Morgan fingerprint density at radius 3 is 2.02 bits per heavy atom. The summed E-state index contributed by atoms with van der Waals surface area (Å²) in [4.78, 5) is 131. The van der Waals surface area contributed by atoms with Crippen molar-refractivity contribution in [3.05, 3.63) is 81.4 Å². The number of nitrogens with one attached hydrogen (secondary N) is 8. The zero-order valence-corrected chi connectivity index (χ0v) is 55.4. The lowest BCUT2D eigenvalue weighted by atomic mass is 10.1. The number of ether oxygens (including phenoxy) is 3. The van der Waals surface area contributed by atoms with Gasteiger partial charge in [-0.15, -0.1) is 0 Å². The molecule has 2 atom stereocenters. The van der Waals surface area contributed by atoms with Crippen LogP contribution in [0.15, 0.2) is 58.6 Å². The van der Waals surface area contributed by atoms with Crippen LogP contribution >= 0.6 is 0 Å². The predicted molar refractivity (Wildman–Crippen MR) is 344 cm³/mol. The Hall–Kier alpha value is -8.20. The third-order valence-electron chi connectivity index (χ3n) is 14.7. The van der Waals surface area contributed by atoms with Gasteiger partial charge in [0, 0.05) is 156 Å². The van der Waals surface area contributed by atoms with Crippen LogP contribution in [0.5, 0.6) is 5.75 Å². The largest absolute Gasteiger partial charge is 0.494 e. The Balaban J connectivity index is 0.000000482. The second kappa shape index (κ2) is 42.8. The van der Waals surface area contributed by atoms with Crippen LogP contribution in [0.3, 0.4) is 0 Å². The average molecular weight is 1330 g/mol. The lowest BCUT2D eigenvalue weighted by Crippen LogP contribution is -2.52. The van der Waals surface area contributed by atoms with Crippen molar-refractivity contribution in [3.8, 4) is 5.75 Å². The number of pyridine rings is 1. The number of hydrogen-bond donors (Lipinski definition) is 10. The number of carboxylic acids is 2. The van der Waals surface area contributed by atoms with Crippen molar-refractivity contribution in [2.45, 2.75) is 89.7 Å². The molecule has 0 aliphatic carbocycles. The molecule has 3 heterocycles. The Kier molecular flexibility index (Phi) is 36.4. The van der Waals surface area contributed by atoms with Crippen molar-refractivity contribution in [1.29, 1.82) is 0 Å². The van der Waals surface area contributed by atoms with Gasteiger partial charge in [-0.1, -0.05) is 13.0 Å². The molecule has 1 fully saturated rings. The van der Waals surface area contributed by atoms with E-state index in [1.807, 2.05) is 23.8 Å². The van der Waals surface area contributed by atoms with Gasteiger partial charge < -0.3 is 75.7 Å². The molecule has 31 nitrogen and oxygen atoms in total. The molecule has 5 rings (SSSR count). The van der Waals surface area contributed by atoms with Gasteiger partial charge in [-0.2, -0.15) is 14.3 Å². The minimum atomic E-state index is -4.39. The molecular formula is C61H94N14O17S. The summed E-state index contributed by atoms with van der Waals surface area (Å²) in [6.45, 7) is 16.3. The number of methoxy groups -OCH3 is 1. The van der Waals surface area contributed by atoms with Crippen molar-refractivity contribution in [2.75, 3.05) is 145 Å². The van der Waals surface area contributed by atoms with Crippen molar-refractivity contribution in [2.24, 2.45) is 7.05 Å². The molecule has 1 aliphatic rings. The van der Waals surface area contributed by atoms with Crippen molar-refractivity contribution < 1.29 is 76.0 Å². The van der Waals surface area contributed by atoms with Gasteiger partial charge in [0.1, 0.15) is 23.4 Å². The number of benzene rings is 2. The Morgan fingerprint density at radius 1 is 0.774 bits per heavy atom. The predicted octanol–water partition coefficient (Wildman–Crippen LogP) is -0.124. The van der Waals surface area contributed by atoms with E-state index >= 15 is 0 Å². The number of rotatable bonds is 34. The summed E-state index contributed by atoms with van der Waals surface area (Å²) in [5, 5.41) is 36.0. The first-order valence-corrected chi connectivity index (χ1v) is 32.2. The summed E-state index contributed by atoms with van der Waals surface area (Å²) in [6.07, 6.45) is 7.27. The maximum absolute atomic E-state index is 13.4. The number of aliphatic carboxylic acids is 2. The highest BCUT2D eigenvalue weighted by molar-refractivity contribution is 7.89. The van der Waals surface area contributed by atoms with Crippen LogP contribution in [-0.4, -0.2) is 252 Å². The number of carboxylic acid groups (broad SMARTS) is 2. The molecule has 2 aromatic heterocycles. The van der Waals surface area contributed by atoms with Gasteiger partial charge in [-0.25, -0.2) is 13.4 Å². The molecule has 2 aromatic carbocycles. The maximum Gasteiger partial charge on any atom is 0.373 e. The van der Waals surface area contributed by atoms with Crippen LogP contribution in [-0.2, 0) is 71.4 Å². The lowest BCUT2D eigenvalue weighted by molar-refractivity contribution is -0.192. The van der Waals surface area contributed by atoms with E-state index < -0.39 is 51.9 Å². The number of hydrogen-bond acceptors (Lipinski definition) is 21. The Bertz CT molecular complexity index is 3210. The Morgan fingerprint density at radius 2 is 1.41 bits per heavy atom. The number of likely N-dealkylation sites (N-methyl/N-ethyl adjacent to an activating group) is 2. The van der Waals surface area contributed by atoms with Gasteiger partial charge >= 0.3 is 18.1 Å². The Labute approximate surface area is 542 Å². The first-order chi connectivity index (χ1) is 44.4. The summed E-state index contributed by atoms with van der Waals surface area (Å²) in [5.74, 6) is -3.22. The number of carbonyl (C=O) groups is 7. The number of fused-ring (bicyclic) bond motifs is 1. The van der Waals surface area contributed by atoms with Gasteiger partial charge in [0.05, 0.1) is 30.1 Å². The lowest BCUT2D eigenvalue weighted by Gasteiger charge is -2.32. The van der Waals surface area contributed by atoms with Crippen LogP contribution in [0.1, 0.15) is 79.4 Å². The average Bonchev–Trinajstić information content (AvgIpc) is 1.32. The number of aryl methyl sites for hydroxylation is 3. The fraction of sp³-hybridized carbons (Fsp3) is 0.574. The van der Waals surface area contributed by atoms with Crippen molar-refractivity contribution in [3.63, 3.8) is 0 Å². The van der Waals surface area contributed by atoms with Crippen LogP contribution < -0.4 is 46.8 Å². The molecule has 93 heavy (non-hydrogen) atoms. The van der Waals surface area contributed by atoms with Gasteiger partial charge in [-0.3, -0.25) is 48.2 Å². The van der Waals surface area contributed by atoms with E-state index in [0.717, 1.165) is 38.3 Å². The second-order valence-electron chi connectivity index (χ2n) is 21.8. The highest BCUT2D eigenvalue weighted by atomic mass is 32.2. The molecule has 0 spiro atoms. The van der Waals surface area contributed by atoms with E-state index in [0.29, 0.717) is 113 Å². The van der Waals surface area contributed by atoms with Gasteiger partial charge in [-0.05, 0) is 101 Å². The molecule has 32 heteroatoms. The number of nitrogens with zero attached hydrogens (tertiary/aromatic N) is 6. The number of amides is 5. The highest BCUT2D eigenvalue weighted by Crippen LogP contribution is 2.26.